The van der Waals surface area contributed by atoms with Gasteiger partial charge in [-0.3, -0.25) is 19.3 Å². The molecule has 3 rings (SSSR count). The highest BCUT2D eigenvalue weighted by atomic mass is 16.3. The Labute approximate surface area is 164 Å². The highest BCUT2D eigenvalue weighted by Crippen LogP contribution is 2.19. The number of para-hydroxylation sites is 1. The molecule has 2 fully saturated rings. The number of carbonyl (C=O) groups excluding carboxylic acids is 3. The molecule has 8 heteroatoms. The molecule has 8 nitrogen and oxygen atoms in total. The molecule has 2 saturated heterocycles. The Morgan fingerprint density at radius 1 is 1.14 bits per heavy atom. The molecule has 0 radical (unpaired) electrons. The molecule has 28 heavy (non-hydrogen) atoms. The van der Waals surface area contributed by atoms with Crippen LogP contribution in [0.2, 0.25) is 0 Å². The van der Waals surface area contributed by atoms with Gasteiger partial charge >= 0.3 is 0 Å². The minimum absolute atomic E-state index is 0.0208. The number of amides is 3. The Hall–Kier alpha value is -2.45. The van der Waals surface area contributed by atoms with Crippen LogP contribution >= 0.6 is 0 Å². The van der Waals surface area contributed by atoms with Crippen LogP contribution in [0.4, 0.5) is 5.69 Å². The van der Waals surface area contributed by atoms with Gasteiger partial charge in [0.05, 0.1) is 12.6 Å². The zero-order valence-electron chi connectivity index (χ0n) is 16.1. The van der Waals surface area contributed by atoms with Gasteiger partial charge in [0.25, 0.3) is 0 Å². The van der Waals surface area contributed by atoms with Gasteiger partial charge in [-0.15, -0.1) is 0 Å². The second-order valence-corrected chi connectivity index (χ2v) is 7.55. The summed E-state index contributed by atoms with van der Waals surface area (Å²) in [5, 5.41) is 15.7. The number of aliphatic hydroxyl groups is 1. The molecule has 2 atom stereocenters. The Balaban J connectivity index is 1.42. The molecule has 0 saturated carbocycles. The normalized spacial score (nSPS) is 23.4. The van der Waals surface area contributed by atoms with Gasteiger partial charge in [0.15, 0.2) is 0 Å². The molecule has 2 aliphatic heterocycles. The van der Waals surface area contributed by atoms with E-state index in [-0.39, 0.29) is 36.7 Å². The molecule has 152 valence electrons. The Morgan fingerprint density at radius 2 is 1.82 bits per heavy atom. The molecule has 0 bridgehead atoms. The molecule has 2 aliphatic rings. The number of nitrogens with zero attached hydrogens (tertiary/aromatic N) is 2. The maximum Gasteiger partial charge on any atom is 0.243 e. The van der Waals surface area contributed by atoms with Crippen LogP contribution in [0.25, 0.3) is 0 Å². The molecule has 0 aromatic heterocycles. The second kappa shape index (κ2) is 9.16. The summed E-state index contributed by atoms with van der Waals surface area (Å²) in [7, 11) is 0. The average molecular weight is 388 g/mol. The van der Waals surface area contributed by atoms with Crippen molar-refractivity contribution in [1.29, 1.82) is 0 Å². The fourth-order valence-electron chi connectivity index (χ4n) is 3.87. The van der Waals surface area contributed by atoms with E-state index in [9.17, 15) is 19.5 Å². The van der Waals surface area contributed by atoms with Crippen LogP contribution in [0.15, 0.2) is 30.3 Å². The van der Waals surface area contributed by atoms with E-state index in [4.69, 9.17) is 0 Å². The molecule has 1 aromatic rings. The van der Waals surface area contributed by atoms with Gasteiger partial charge in [-0.25, -0.2) is 0 Å². The zero-order chi connectivity index (χ0) is 20.1. The molecule has 0 aliphatic carbocycles. The van der Waals surface area contributed by atoms with Crippen molar-refractivity contribution < 1.29 is 19.5 Å². The van der Waals surface area contributed by atoms with E-state index < -0.39 is 12.1 Å². The van der Waals surface area contributed by atoms with E-state index in [0.717, 1.165) is 31.6 Å². The lowest BCUT2D eigenvalue weighted by Crippen LogP contribution is -2.51. The largest absolute Gasteiger partial charge is 0.391 e. The first-order valence-corrected chi connectivity index (χ1v) is 9.75. The number of β-amino-alcohol motifs (C(OH)–C–C–N with tert-alkyl or cyclic N) is 1. The maximum absolute atomic E-state index is 12.5. The minimum Gasteiger partial charge on any atom is -0.391 e. The fraction of sp³-hybridized carbons (Fsp3) is 0.550. The highest BCUT2D eigenvalue weighted by molar-refractivity contribution is 5.92. The SMILES string of the molecule is CC(=O)N1C[C@H](O)C[C@@H]1C(=O)NC1CCN(CC(=O)Nc2ccccc2)CC1. The quantitative estimate of drug-likeness (QED) is 0.668. The minimum atomic E-state index is -0.648. The standard InChI is InChI=1S/C20H28N4O4/c1-14(25)24-12-17(26)11-18(24)20(28)22-16-7-9-23(10-8-16)13-19(27)21-15-5-3-2-4-6-15/h2-6,16-18,26H,7-13H2,1H3,(H,21,27)(H,22,28)/t17-,18-/m1/s1. The van der Waals surface area contributed by atoms with Crippen molar-refractivity contribution in [2.45, 2.75) is 44.4 Å². The van der Waals surface area contributed by atoms with Crippen molar-refractivity contribution >= 4 is 23.4 Å². The average Bonchev–Trinajstić information content (AvgIpc) is 3.06. The van der Waals surface area contributed by atoms with Gasteiger partial charge in [-0.2, -0.15) is 0 Å². The topological polar surface area (TPSA) is 102 Å². The summed E-state index contributed by atoms with van der Waals surface area (Å²) in [6, 6.07) is 8.78. The second-order valence-electron chi connectivity index (χ2n) is 7.55. The maximum atomic E-state index is 12.5. The van der Waals surface area contributed by atoms with Crippen LogP contribution in [0.3, 0.4) is 0 Å². The number of anilines is 1. The Kier molecular flexibility index (Phi) is 6.64. The summed E-state index contributed by atoms with van der Waals surface area (Å²) in [6.07, 6.45) is 1.13. The number of hydrogen-bond acceptors (Lipinski definition) is 5. The number of carbonyl (C=O) groups is 3. The number of hydrogen-bond donors (Lipinski definition) is 3. The number of likely N-dealkylation sites (tertiary alicyclic amines) is 2. The van der Waals surface area contributed by atoms with E-state index in [1.165, 1.54) is 11.8 Å². The van der Waals surface area contributed by atoms with Crippen molar-refractivity contribution in [3.63, 3.8) is 0 Å². The lowest BCUT2D eigenvalue weighted by molar-refractivity contribution is -0.137. The summed E-state index contributed by atoms with van der Waals surface area (Å²) >= 11 is 0. The predicted molar refractivity (Wildman–Crippen MR) is 104 cm³/mol. The Morgan fingerprint density at radius 3 is 2.46 bits per heavy atom. The molecule has 2 heterocycles. The van der Waals surface area contributed by atoms with Crippen molar-refractivity contribution in [2.24, 2.45) is 0 Å². The zero-order valence-corrected chi connectivity index (χ0v) is 16.1. The van der Waals surface area contributed by atoms with Gasteiger partial charge in [0.1, 0.15) is 6.04 Å². The van der Waals surface area contributed by atoms with Gasteiger partial charge in [0.2, 0.25) is 17.7 Å². The number of benzene rings is 1. The number of nitrogens with one attached hydrogen (secondary N) is 2. The smallest absolute Gasteiger partial charge is 0.243 e. The molecule has 3 N–H and O–H groups in total. The first-order valence-electron chi connectivity index (χ1n) is 9.75. The highest BCUT2D eigenvalue weighted by Gasteiger charge is 2.38. The fourth-order valence-corrected chi connectivity index (χ4v) is 3.87. The van der Waals surface area contributed by atoms with E-state index in [2.05, 4.69) is 15.5 Å². The summed E-state index contributed by atoms with van der Waals surface area (Å²) < 4.78 is 0. The summed E-state index contributed by atoms with van der Waals surface area (Å²) in [5.74, 6) is -0.450. The third-order valence-electron chi connectivity index (χ3n) is 5.34. The van der Waals surface area contributed by atoms with Gasteiger partial charge in [0, 0.05) is 44.7 Å². The first kappa shape index (κ1) is 20.3. The van der Waals surface area contributed by atoms with Gasteiger partial charge < -0.3 is 20.6 Å². The lowest BCUT2D eigenvalue weighted by Gasteiger charge is -2.33. The summed E-state index contributed by atoms with van der Waals surface area (Å²) in [5.41, 5.74) is 0.781. The van der Waals surface area contributed by atoms with Gasteiger partial charge in [-0.05, 0) is 25.0 Å². The van der Waals surface area contributed by atoms with Crippen LogP contribution in [-0.2, 0) is 14.4 Å². The van der Waals surface area contributed by atoms with E-state index in [1.54, 1.807) is 0 Å². The molecule has 3 amide bonds. The van der Waals surface area contributed by atoms with E-state index in [0.29, 0.717) is 6.54 Å². The predicted octanol–water partition coefficient (Wildman–Crippen LogP) is 0.187. The number of aliphatic hydroxyl groups excluding tert-OH is 1. The molecule has 0 spiro atoms. The lowest BCUT2D eigenvalue weighted by atomic mass is 10.0. The Bertz CT molecular complexity index is 703. The monoisotopic (exact) mass is 388 g/mol. The van der Waals surface area contributed by atoms with Crippen molar-refractivity contribution in [1.82, 2.24) is 15.1 Å². The molecule has 0 unspecified atom stereocenters. The third kappa shape index (κ3) is 5.30. The van der Waals surface area contributed by atoms with Crippen molar-refractivity contribution in [2.75, 3.05) is 31.5 Å². The van der Waals surface area contributed by atoms with E-state index >= 15 is 0 Å². The van der Waals surface area contributed by atoms with Crippen LogP contribution in [0, 0.1) is 0 Å². The molecular formula is C20H28N4O4. The van der Waals surface area contributed by atoms with Crippen LogP contribution < -0.4 is 10.6 Å². The van der Waals surface area contributed by atoms with Gasteiger partial charge in [-0.1, -0.05) is 18.2 Å². The summed E-state index contributed by atoms with van der Waals surface area (Å²) in [6.45, 7) is 3.38. The van der Waals surface area contributed by atoms with E-state index in [1.807, 2.05) is 30.3 Å². The number of piperidine rings is 1. The van der Waals surface area contributed by atoms with Crippen LogP contribution in [0.1, 0.15) is 26.2 Å². The summed E-state index contributed by atoms with van der Waals surface area (Å²) in [4.78, 5) is 39.9. The van der Waals surface area contributed by atoms with Crippen LogP contribution in [-0.4, -0.2) is 77.0 Å². The molecular weight excluding hydrogens is 360 g/mol. The molecule has 1 aromatic carbocycles. The third-order valence-corrected chi connectivity index (χ3v) is 5.34. The number of rotatable bonds is 5. The van der Waals surface area contributed by atoms with Crippen molar-refractivity contribution in [3.8, 4) is 0 Å². The van der Waals surface area contributed by atoms with Crippen molar-refractivity contribution in [3.05, 3.63) is 30.3 Å². The first-order chi connectivity index (χ1) is 13.4. The van der Waals surface area contributed by atoms with Crippen LogP contribution in [0.5, 0.6) is 0 Å².